The van der Waals surface area contributed by atoms with Gasteiger partial charge in [0.25, 0.3) is 0 Å². The molecule has 0 saturated heterocycles. The van der Waals surface area contributed by atoms with Gasteiger partial charge in [0.1, 0.15) is 17.0 Å². The summed E-state index contributed by atoms with van der Waals surface area (Å²) in [6.45, 7) is 8.10. The van der Waals surface area contributed by atoms with Crippen molar-refractivity contribution in [3.63, 3.8) is 0 Å². The first kappa shape index (κ1) is 22.5. The number of fused-ring (bicyclic) bond motifs is 1. The van der Waals surface area contributed by atoms with Crippen molar-refractivity contribution in [3.8, 4) is 11.3 Å². The van der Waals surface area contributed by atoms with Gasteiger partial charge in [0.05, 0.1) is 27.4 Å². The molecule has 4 aromatic rings. The molecule has 164 valence electrons. The number of pyridine rings is 3. The summed E-state index contributed by atoms with van der Waals surface area (Å²) < 4.78 is 29.2. The van der Waals surface area contributed by atoms with E-state index in [1.807, 2.05) is 13.0 Å². The van der Waals surface area contributed by atoms with E-state index in [0.717, 1.165) is 11.0 Å². The Morgan fingerprint density at radius 1 is 1.03 bits per heavy atom. The third-order valence-electron chi connectivity index (χ3n) is 5.24. The second kappa shape index (κ2) is 9.05. The highest BCUT2D eigenvalue weighted by atomic mass is 35.5. The van der Waals surface area contributed by atoms with Crippen LogP contribution in [0.5, 0.6) is 0 Å². The van der Waals surface area contributed by atoms with E-state index < -0.39 is 5.82 Å². The number of nitrogens with zero attached hydrogens (tertiary/aromatic N) is 3. The van der Waals surface area contributed by atoms with Crippen LogP contribution >= 0.6 is 19.5 Å². The Balaban J connectivity index is 1.84. The Hall–Kier alpha value is -2.69. The summed E-state index contributed by atoms with van der Waals surface area (Å²) in [5.41, 5.74) is 4.99. The van der Waals surface area contributed by atoms with Crippen molar-refractivity contribution in [2.24, 2.45) is 0 Å². The molecule has 0 atom stereocenters. The van der Waals surface area contributed by atoms with Crippen LogP contribution in [-0.2, 0) is 6.54 Å². The predicted octanol–water partition coefficient (Wildman–Crippen LogP) is 6.22. The van der Waals surface area contributed by atoms with Gasteiger partial charge in [-0.2, -0.15) is 0 Å². The molecule has 3 heterocycles. The first-order valence-corrected chi connectivity index (χ1v) is 12.7. The topological polar surface area (TPSA) is 50.7 Å². The maximum atomic E-state index is 15.1. The van der Waals surface area contributed by atoms with Crippen molar-refractivity contribution in [2.75, 3.05) is 18.6 Å². The van der Waals surface area contributed by atoms with E-state index in [9.17, 15) is 4.39 Å². The summed E-state index contributed by atoms with van der Waals surface area (Å²) in [7, 11) is -0.365. The molecule has 0 aliphatic heterocycles. The second-order valence-corrected chi connectivity index (χ2v) is 10.4. The predicted molar refractivity (Wildman–Crippen MR) is 129 cm³/mol. The zero-order chi connectivity index (χ0) is 23.0. The van der Waals surface area contributed by atoms with Gasteiger partial charge in [-0.15, -0.1) is 0 Å². The lowest BCUT2D eigenvalue weighted by molar-refractivity contribution is 0.613. The summed E-state index contributed by atoms with van der Waals surface area (Å²) in [4.78, 5) is 13.5. The number of hydrogen-bond acceptors (Lipinski definition) is 4. The molecular weight excluding hydrogens is 449 g/mol. The molecule has 0 radical (unpaired) electrons. The first-order chi connectivity index (χ1) is 15.3. The van der Waals surface area contributed by atoms with Crippen molar-refractivity contribution >= 4 is 41.7 Å². The number of aromatic nitrogens is 3. The molecule has 0 unspecified atom stereocenters. The van der Waals surface area contributed by atoms with Crippen LogP contribution in [-0.4, -0.2) is 28.3 Å². The summed E-state index contributed by atoms with van der Waals surface area (Å²) in [5.74, 6) is -0.806. The quantitative estimate of drug-likeness (QED) is 0.352. The van der Waals surface area contributed by atoms with Gasteiger partial charge in [0.2, 0.25) is 0 Å². The molecule has 0 saturated carbocycles. The Morgan fingerprint density at radius 3 is 2.47 bits per heavy atom. The van der Waals surface area contributed by atoms with Gasteiger partial charge in [0.15, 0.2) is 5.82 Å². The summed E-state index contributed by atoms with van der Waals surface area (Å²) in [6.07, 6.45) is 1.67. The average Bonchev–Trinajstić information content (AvgIpc) is 2.75. The normalized spacial score (nSPS) is 11.4. The van der Waals surface area contributed by atoms with Crippen molar-refractivity contribution in [3.05, 3.63) is 76.1 Å². The fourth-order valence-electron chi connectivity index (χ4n) is 3.47. The average molecular weight is 471 g/mol. The van der Waals surface area contributed by atoms with Crippen LogP contribution in [0.25, 0.3) is 22.3 Å². The van der Waals surface area contributed by atoms with E-state index in [4.69, 9.17) is 11.6 Å². The van der Waals surface area contributed by atoms with E-state index in [2.05, 4.69) is 33.6 Å². The van der Waals surface area contributed by atoms with Crippen LogP contribution < -0.4 is 10.8 Å². The molecule has 3 aromatic heterocycles. The maximum Gasteiger partial charge on any atom is 0.151 e. The van der Waals surface area contributed by atoms with Gasteiger partial charge in [-0.3, -0.25) is 4.98 Å². The lowest BCUT2D eigenvalue weighted by Gasteiger charge is -2.15. The van der Waals surface area contributed by atoms with Crippen LogP contribution in [0.1, 0.15) is 16.8 Å². The SMILES string of the molecule is Cc1cc(P(C)C)ncc1-c1nc2c(NCc3ccccc3F)c(Cl)c(C)nc2cc1F. The largest absolute Gasteiger partial charge is 0.378 e. The molecule has 0 bridgehead atoms. The van der Waals surface area contributed by atoms with E-state index in [1.54, 1.807) is 31.3 Å². The molecule has 32 heavy (non-hydrogen) atoms. The standard InChI is InChI=1S/C24H22ClF2N4P/c1-13-9-20(32(3)4)28-12-16(13)22-18(27)10-19-23(31-22)24(21(25)14(2)30-19)29-11-15-7-5-6-8-17(15)26/h5-10,12H,11H2,1-4H3,(H,29,30). The molecule has 0 spiro atoms. The number of hydrogen-bond donors (Lipinski definition) is 1. The molecular formula is C24H22ClF2N4P. The summed E-state index contributed by atoms with van der Waals surface area (Å²) in [6, 6.07) is 9.83. The first-order valence-electron chi connectivity index (χ1n) is 10.0. The van der Waals surface area contributed by atoms with Crippen molar-refractivity contribution in [1.82, 2.24) is 15.0 Å². The van der Waals surface area contributed by atoms with E-state index in [1.165, 1.54) is 12.1 Å². The second-order valence-electron chi connectivity index (χ2n) is 7.77. The molecule has 4 rings (SSSR count). The molecule has 0 amide bonds. The molecule has 0 fully saturated rings. The van der Waals surface area contributed by atoms with E-state index in [-0.39, 0.29) is 26.0 Å². The fraction of sp³-hybridized carbons (Fsp3) is 0.208. The van der Waals surface area contributed by atoms with Gasteiger partial charge >= 0.3 is 0 Å². The van der Waals surface area contributed by atoms with E-state index >= 15 is 4.39 Å². The lowest BCUT2D eigenvalue weighted by atomic mass is 10.1. The minimum atomic E-state index is -0.486. The molecule has 1 aromatic carbocycles. The Morgan fingerprint density at radius 2 is 1.78 bits per heavy atom. The van der Waals surface area contributed by atoms with Crippen LogP contribution in [0.15, 0.2) is 42.6 Å². The maximum absolute atomic E-state index is 15.1. The number of benzene rings is 1. The molecule has 4 nitrogen and oxygen atoms in total. The highest BCUT2D eigenvalue weighted by Gasteiger charge is 2.19. The van der Waals surface area contributed by atoms with E-state index in [0.29, 0.717) is 38.6 Å². The highest BCUT2D eigenvalue weighted by molar-refractivity contribution is 7.63. The number of rotatable bonds is 5. The van der Waals surface area contributed by atoms with Gasteiger partial charge in [-0.1, -0.05) is 37.7 Å². The fourth-order valence-corrected chi connectivity index (χ4v) is 4.41. The highest BCUT2D eigenvalue weighted by Crippen LogP contribution is 2.35. The van der Waals surface area contributed by atoms with Crippen LogP contribution in [0.4, 0.5) is 14.5 Å². The minimum absolute atomic E-state index is 0.182. The van der Waals surface area contributed by atoms with Gasteiger partial charge in [0, 0.05) is 29.9 Å². The Bertz CT molecular complexity index is 1330. The minimum Gasteiger partial charge on any atom is -0.378 e. The molecule has 0 aliphatic rings. The summed E-state index contributed by atoms with van der Waals surface area (Å²) >= 11 is 6.54. The molecule has 0 aliphatic carbocycles. The zero-order valence-corrected chi connectivity index (χ0v) is 19.8. The van der Waals surface area contributed by atoms with Crippen molar-refractivity contribution < 1.29 is 8.78 Å². The van der Waals surface area contributed by atoms with Gasteiger partial charge in [-0.25, -0.2) is 18.7 Å². The number of halogens is 3. The third-order valence-corrected chi connectivity index (χ3v) is 6.86. The third kappa shape index (κ3) is 4.30. The van der Waals surface area contributed by atoms with Crippen molar-refractivity contribution in [1.29, 1.82) is 0 Å². The number of nitrogens with one attached hydrogen (secondary N) is 1. The zero-order valence-electron chi connectivity index (χ0n) is 18.2. The molecule has 8 heteroatoms. The van der Waals surface area contributed by atoms with Gasteiger partial charge < -0.3 is 5.32 Å². The van der Waals surface area contributed by atoms with Gasteiger partial charge in [-0.05, 0) is 44.9 Å². The Labute approximate surface area is 191 Å². The Kier molecular flexibility index (Phi) is 6.36. The molecule has 1 N–H and O–H groups in total. The summed E-state index contributed by atoms with van der Waals surface area (Å²) in [5, 5.41) is 3.55. The van der Waals surface area contributed by atoms with Crippen LogP contribution in [0.3, 0.4) is 0 Å². The smallest absolute Gasteiger partial charge is 0.151 e. The number of anilines is 1. The monoisotopic (exact) mass is 470 g/mol. The van der Waals surface area contributed by atoms with Crippen molar-refractivity contribution in [2.45, 2.75) is 20.4 Å². The number of aryl methyl sites for hydroxylation is 2. The van der Waals surface area contributed by atoms with Crippen LogP contribution in [0.2, 0.25) is 5.02 Å². The van der Waals surface area contributed by atoms with Crippen LogP contribution in [0, 0.1) is 25.5 Å². The lowest BCUT2D eigenvalue weighted by Crippen LogP contribution is -2.08.